The van der Waals surface area contributed by atoms with Crippen molar-refractivity contribution in [3.63, 3.8) is 0 Å². The predicted molar refractivity (Wildman–Crippen MR) is 91.3 cm³/mol. The van der Waals surface area contributed by atoms with Crippen LogP contribution in [-0.4, -0.2) is 52.1 Å². The minimum absolute atomic E-state index is 0.0817. The molecule has 1 saturated heterocycles. The van der Waals surface area contributed by atoms with Crippen molar-refractivity contribution in [1.29, 1.82) is 0 Å². The Bertz CT molecular complexity index is 658. The van der Waals surface area contributed by atoms with E-state index >= 15 is 0 Å². The Labute approximate surface area is 142 Å². The van der Waals surface area contributed by atoms with E-state index in [0.717, 1.165) is 55.9 Å². The van der Waals surface area contributed by atoms with Crippen LogP contribution < -0.4 is 9.64 Å². The summed E-state index contributed by atoms with van der Waals surface area (Å²) in [6, 6.07) is 0. The van der Waals surface area contributed by atoms with E-state index in [9.17, 15) is 0 Å². The topological polar surface area (TPSA) is 67.5 Å². The molecule has 2 aromatic heterocycles. The van der Waals surface area contributed by atoms with E-state index in [1.807, 2.05) is 27.7 Å². The lowest BCUT2D eigenvalue weighted by molar-refractivity contribution is 0.217. The fourth-order valence-electron chi connectivity index (χ4n) is 2.76. The number of nitrogens with zero attached hydrogens (tertiary/aromatic N) is 5. The quantitative estimate of drug-likeness (QED) is 0.832. The maximum Gasteiger partial charge on any atom is 0.257 e. The summed E-state index contributed by atoms with van der Waals surface area (Å²) in [6.45, 7) is 12.3. The van der Waals surface area contributed by atoms with Crippen LogP contribution in [0.1, 0.15) is 31.2 Å². The fraction of sp³-hybridized carbons (Fsp3) is 0.588. The number of hydrogen-bond donors (Lipinski definition) is 0. The van der Waals surface area contributed by atoms with Gasteiger partial charge >= 0.3 is 0 Å². The number of anilines is 1. The Morgan fingerprint density at radius 2 is 1.83 bits per heavy atom. The van der Waals surface area contributed by atoms with E-state index in [1.54, 1.807) is 12.4 Å². The molecule has 1 aliphatic rings. The van der Waals surface area contributed by atoms with Crippen molar-refractivity contribution in [3.05, 3.63) is 29.7 Å². The highest BCUT2D eigenvalue weighted by Crippen LogP contribution is 2.25. The van der Waals surface area contributed by atoms with Crippen LogP contribution in [0.3, 0.4) is 0 Å². The van der Waals surface area contributed by atoms with Crippen LogP contribution in [0, 0.1) is 13.8 Å². The summed E-state index contributed by atoms with van der Waals surface area (Å²) < 4.78 is 11.5. The fourth-order valence-corrected chi connectivity index (χ4v) is 2.76. The first-order chi connectivity index (χ1) is 11.5. The molecule has 7 heteroatoms. The van der Waals surface area contributed by atoms with Crippen molar-refractivity contribution in [1.82, 2.24) is 19.9 Å². The zero-order valence-corrected chi connectivity index (χ0v) is 14.8. The van der Waals surface area contributed by atoms with Crippen molar-refractivity contribution >= 4 is 5.82 Å². The summed E-state index contributed by atoms with van der Waals surface area (Å²) in [5.41, 5.74) is 0.971. The number of rotatable bonds is 5. The summed E-state index contributed by atoms with van der Waals surface area (Å²) in [5.74, 6) is 3.13. The summed E-state index contributed by atoms with van der Waals surface area (Å²) in [6.07, 6.45) is 3.47. The third-order valence-electron chi connectivity index (χ3n) is 4.10. The average Bonchev–Trinajstić information content (AvgIpc) is 2.86. The SMILES string of the molecule is Cc1nc(CN2CCN(c3nccnc3OC(C)C)CC2)oc1C. The van der Waals surface area contributed by atoms with Gasteiger partial charge in [-0.05, 0) is 27.7 Å². The lowest BCUT2D eigenvalue weighted by atomic mass is 10.3. The first kappa shape index (κ1) is 16.7. The van der Waals surface area contributed by atoms with E-state index in [1.165, 1.54) is 0 Å². The molecular formula is C17H25N5O2. The molecule has 0 aliphatic carbocycles. The standard InChI is InChI=1S/C17H25N5O2/c1-12(2)23-17-16(18-5-6-19-17)22-9-7-21(8-10-22)11-15-20-13(3)14(4)24-15/h5-6,12H,7-11H2,1-4H3. The monoisotopic (exact) mass is 331 g/mol. The Morgan fingerprint density at radius 1 is 1.12 bits per heavy atom. The number of oxazole rings is 1. The van der Waals surface area contributed by atoms with E-state index in [2.05, 4.69) is 24.8 Å². The Morgan fingerprint density at radius 3 is 2.46 bits per heavy atom. The molecule has 2 aromatic rings. The molecule has 0 spiro atoms. The molecule has 0 atom stereocenters. The van der Waals surface area contributed by atoms with E-state index < -0.39 is 0 Å². The number of piperazine rings is 1. The summed E-state index contributed by atoms with van der Waals surface area (Å²) in [5, 5.41) is 0. The molecule has 0 aromatic carbocycles. The normalized spacial score (nSPS) is 16.0. The largest absolute Gasteiger partial charge is 0.472 e. The Balaban J connectivity index is 1.61. The number of aromatic nitrogens is 3. The maximum atomic E-state index is 5.78. The molecule has 0 saturated carbocycles. The van der Waals surface area contributed by atoms with Crippen LogP contribution in [0.2, 0.25) is 0 Å². The minimum atomic E-state index is 0.0817. The first-order valence-electron chi connectivity index (χ1n) is 8.41. The van der Waals surface area contributed by atoms with Crippen LogP contribution in [0.15, 0.2) is 16.8 Å². The van der Waals surface area contributed by atoms with Crippen LogP contribution >= 0.6 is 0 Å². The summed E-state index contributed by atoms with van der Waals surface area (Å²) >= 11 is 0. The lowest BCUT2D eigenvalue weighted by Crippen LogP contribution is -2.46. The molecule has 0 N–H and O–H groups in total. The van der Waals surface area contributed by atoms with Crippen LogP contribution in [0.25, 0.3) is 0 Å². The van der Waals surface area contributed by atoms with Gasteiger partial charge in [-0.2, -0.15) is 0 Å². The van der Waals surface area contributed by atoms with Gasteiger partial charge in [0.15, 0.2) is 5.82 Å². The van der Waals surface area contributed by atoms with E-state index in [-0.39, 0.29) is 6.10 Å². The maximum absolute atomic E-state index is 5.78. The van der Waals surface area contributed by atoms with Crippen molar-refractivity contribution in [2.45, 2.75) is 40.3 Å². The highest BCUT2D eigenvalue weighted by Gasteiger charge is 2.23. The van der Waals surface area contributed by atoms with Gasteiger partial charge in [-0.1, -0.05) is 0 Å². The smallest absolute Gasteiger partial charge is 0.257 e. The van der Waals surface area contributed by atoms with Gasteiger partial charge in [-0.15, -0.1) is 0 Å². The van der Waals surface area contributed by atoms with Crippen LogP contribution in [0.4, 0.5) is 5.82 Å². The molecule has 1 fully saturated rings. The van der Waals surface area contributed by atoms with Gasteiger partial charge < -0.3 is 14.1 Å². The molecule has 3 rings (SSSR count). The second kappa shape index (κ2) is 7.17. The molecule has 0 bridgehead atoms. The second-order valence-corrected chi connectivity index (χ2v) is 6.36. The molecule has 3 heterocycles. The van der Waals surface area contributed by atoms with E-state index in [0.29, 0.717) is 5.88 Å². The van der Waals surface area contributed by atoms with Gasteiger partial charge in [-0.25, -0.2) is 15.0 Å². The predicted octanol–water partition coefficient (Wildman–Crippen LogP) is 2.19. The summed E-state index contributed by atoms with van der Waals surface area (Å²) in [4.78, 5) is 17.8. The van der Waals surface area contributed by atoms with Crippen molar-refractivity contribution < 1.29 is 9.15 Å². The number of ether oxygens (including phenoxy) is 1. The molecular weight excluding hydrogens is 306 g/mol. The zero-order chi connectivity index (χ0) is 17.1. The molecule has 0 radical (unpaired) electrons. The van der Waals surface area contributed by atoms with E-state index in [4.69, 9.17) is 9.15 Å². The molecule has 130 valence electrons. The number of hydrogen-bond acceptors (Lipinski definition) is 7. The molecule has 1 aliphatic heterocycles. The molecule has 24 heavy (non-hydrogen) atoms. The zero-order valence-electron chi connectivity index (χ0n) is 14.8. The average molecular weight is 331 g/mol. The van der Waals surface area contributed by atoms with Gasteiger partial charge in [0.05, 0.1) is 18.3 Å². The Hall–Kier alpha value is -2.15. The second-order valence-electron chi connectivity index (χ2n) is 6.36. The van der Waals surface area contributed by atoms with Crippen molar-refractivity contribution in [2.24, 2.45) is 0 Å². The van der Waals surface area contributed by atoms with Gasteiger partial charge in [-0.3, -0.25) is 4.90 Å². The van der Waals surface area contributed by atoms with Gasteiger partial charge in [0.25, 0.3) is 5.88 Å². The third-order valence-corrected chi connectivity index (χ3v) is 4.10. The van der Waals surface area contributed by atoms with Crippen molar-refractivity contribution in [2.75, 3.05) is 31.1 Å². The highest BCUT2D eigenvalue weighted by molar-refractivity contribution is 5.48. The first-order valence-corrected chi connectivity index (χ1v) is 8.41. The molecule has 0 unspecified atom stereocenters. The van der Waals surface area contributed by atoms with Crippen LogP contribution in [-0.2, 0) is 6.54 Å². The van der Waals surface area contributed by atoms with Gasteiger partial charge in [0, 0.05) is 38.6 Å². The molecule has 7 nitrogen and oxygen atoms in total. The third kappa shape index (κ3) is 3.84. The lowest BCUT2D eigenvalue weighted by Gasteiger charge is -2.35. The van der Waals surface area contributed by atoms with Gasteiger partial charge in [0.2, 0.25) is 5.89 Å². The Kier molecular flexibility index (Phi) is 4.99. The van der Waals surface area contributed by atoms with Gasteiger partial charge in [0.1, 0.15) is 5.76 Å². The summed E-state index contributed by atoms with van der Waals surface area (Å²) in [7, 11) is 0. The van der Waals surface area contributed by atoms with Crippen molar-refractivity contribution in [3.8, 4) is 5.88 Å². The minimum Gasteiger partial charge on any atom is -0.472 e. The highest BCUT2D eigenvalue weighted by atomic mass is 16.5. The van der Waals surface area contributed by atoms with Crippen LogP contribution in [0.5, 0.6) is 5.88 Å². The number of aryl methyl sites for hydroxylation is 2. The molecule has 0 amide bonds.